The first-order chi connectivity index (χ1) is 7.58. The standard InChI is InChI=1S/C11H9N2O3/c1-7(6-14)13-11(16)9-3-2-8(5-12)4-10(9)15/h2-4,7,15H,1H3,(H,13,16). The number of carbonyl (C=O) groups excluding carboxylic acids is 2. The number of carbonyl (C=O) groups is 1. The molecule has 1 aromatic rings. The molecule has 0 aliphatic rings. The quantitative estimate of drug-likeness (QED) is 0.771. The van der Waals surface area contributed by atoms with Gasteiger partial charge in [0, 0.05) is 0 Å². The number of rotatable bonds is 3. The Morgan fingerprint density at radius 3 is 2.75 bits per heavy atom. The van der Waals surface area contributed by atoms with E-state index in [1.54, 1.807) is 6.29 Å². The van der Waals surface area contributed by atoms with Gasteiger partial charge in [0.2, 0.25) is 6.29 Å². The second-order valence-corrected chi connectivity index (χ2v) is 3.16. The SMILES string of the molecule is CC([C]=O)NC(=O)c1ccc(C#N)cc1O. The molecule has 0 bridgehead atoms. The summed E-state index contributed by atoms with van der Waals surface area (Å²) in [5, 5.41) is 20.3. The summed E-state index contributed by atoms with van der Waals surface area (Å²) in [7, 11) is 0. The first-order valence-corrected chi connectivity index (χ1v) is 4.50. The molecule has 81 valence electrons. The van der Waals surface area contributed by atoms with E-state index in [-0.39, 0.29) is 16.9 Å². The van der Waals surface area contributed by atoms with Gasteiger partial charge in [0.15, 0.2) is 0 Å². The van der Waals surface area contributed by atoms with Crippen LogP contribution < -0.4 is 5.32 Å². The van der Waals surface area contributed by atoms with Gasteiger partial charge in [-0.2, -0.15) is 5.26 Å². The molecule has 0 aliphatic carbocycles. The number of benzene rings is 1. The molecule has 5 heteroatoms. The topological polar surface area (TPSA) is 90.2 Å². The molecule has 5 nitrogen and oxygen atoms in total. The summed E-state index contributed by atoms with van der Waals surface area (Å²) >= 11 is 0. The maximum absolute atomic E-state index is 11.5. The molecule has 1 rings (SSSR count). The first-order valence-electron chi connectivity index (χ1n) is 4.50. The van der Waals surface area contributed by atoms with Gasteiger partial charge in [-0.3, -0.25) is 9.59 Å². The van der Waals surface area contributed by atoms with Crippen LogP contribution in [0.4, 0.5) is 0 Å². The molecular weight excluding hydrogens is 208 g/mol. The van der Waals surface area contributed by atoms with Crippen molar-refractivity contribution in [1.29, 1.82) is 5.26 Å². The Morgan fingerprint density at radius 2 is 2.25 bits per heavy atom. The highest BCUT2D eigenvalue weighted by Gasteiger charge is 2.13. The molecule has 1 unspecified atom stereocenters. The van der Waals surface area contributed by atoms with Crippen LogP contribution in [0.2, 0.25) is 0 Å². The minimum atomic E-state index is -0.748. The summed E-state index contributed by atoms with van der Waals surface area (Å²) < 4.78 is 0. The zero-order chi connectivity index (χ0) is 12.1. The molecule has 0 aliphatic heterocycles. The van der Waals surface area contributed by atoms with Gasteiger partial charge in [0.25, 0.3) is 5.91 Å². The van der Waals surface area contributed by atoms with Crippen LogP contribution in [0, 0.1) is 11.3 Å². The van der Waals surface area contributed by atoms with Crippen LogP contribution in [0.5, 0.6) is 5.75 Å². The van der Waals surface area contributed by atoms with Crippen molar-refractivity contribution in [3.63, 3.8) is 0 Å². The molecule has 1 amide bonds. The Balaban J connectivity index is 2.93. The third kappa shape index (κ3) is 2.58. The van der Waals surface area contributed by atoms with Crippen molar-refractivity contribution in [3.8, 4) is 11.8 Å². The average molecular weight is 217 g/mol. The minimum Gasteiger partial charge on any atom is -0.507 e. The minimum absolute atomic E-state index is 0.0149. The highest BCUT2D eigenvalue weighted by Crippen LogP contribution is 2.18. The lowest BCUT2D eigenvalue weighted by Gasteiger charge is -2.08. The fourth-order valence-electron chi connectivity index (χ4n) is 1.10. The van der Waals surface area contributed by atoms with Gasteiger partial charge >= 0.3 is 0 Å². The molecule has 1 radical (unpaired) electrons. The molecule has 0 fully saturated rings. The number of hydrogen-bond donors (Lipinski definition) is 2. The van der Waals surface area contributed by atoms with E-state index in [4.69, 9.17) is 5.26 Å². The molecule has 2 N–H and O–H groups in total. The number of nitrogens with zero attached hydrogens (tertiary/aromatic N) is 1. The van der Waals surface area contributed by atoms with Gasteiger partial charge in [0.1, 0.15) is 5.75 Å². The van der Waals surface area contributed by atoms with E-state index in [1.165, 1.54) is 25.1 Å². The van der Waals surface area contributed by atoms with Crippen LogP contribution in [0.25, 0.3) is 0 Å². The average Bonchev–Trinajstić information content (AvgIpc) is 2.28. The third-order valence-electron chi connectivity index (χ3n) is 1.90. The summed E-state index contributed by atoms with van der Waals surface area (Å²) in [6.07, 6.45) is 1.59. The van der Waals surface area contributed by atoms with Crippen molar-refractivity contribution in [2.45, 2.75) is 13.0 Å². The molecule has 0 spiro atoms. The fourth-order valence-corrected chi connectivity index (χ4v) is 1.10. The summed E-state index contributed by atoms with van der Waals surface area (Å²) in [4.78, 5) is 21.7. The summed E-state index contributed by atoms with van der Waals surface area (Å²) in [5.74, 6) is -0.882. The van der Waals surface area contributed by atoms with E-state index in [2.05, 4.69) is 5.32 Å². The molecule has 0 aromatic heterocycles. The summed E-state index contributed by atoms with van der Waals surface area (Å²) in [5.41, 5.74) is 0.269. The lowest BCUT2D eigenvalue weighted by molar-refractivity contribution is 0.0946. The van der Waals surface area contributed by atoms with Gasteiger partial charge in [-0.1, -0.05) is 0 Å². The number of nitrogens with one attached hydrogen (secondary N) is 1. The van der Waals surface area contributed by atoms with Crippen LogP contribution >= 0.6 is 0 Å². The van der Waals surface area contributed by atoms with Gasteiger partial charge < -0.3 is 10.4 Å². The molecule has 1 atom stereocenters. The molecule has 0 saturated carbocycles. The second kappa shape index (κ2) is 4.94. The van der Waals surface area contributed by atoms with Crippen molar-refractivity contribution in [1.82, 2.24) is 5.32 Å². The van der Waals surface area contributed by atoms with Crippen LogP contribution in [0.3, 0.4) is 0 Å². The van der Waals surface area contributed by atoms with Crippen LogP contribution in [-0.2, 0) is 4.79 Å². The molecule has 0 heterocycles. The van der Waals surface area contributed by atoms with Gasteiger partial charge in [-0.05, 0) is 25.1 Å². The van der Waals surface area contributed by atoms with Crippen LogP contribution in [-0.4, -0.2) is 23.3 Å². The number of hydrogen-bond acceptors (Lipinski definition) is 4. The lowest BCUT2D eigenvalue weighted by Crippen LogP contribution is -2.33. The van der Waals surface area contributed by atoms with Crippen molar-refractivity contribution in [3.05, 3.63) is 29.3 Å². The van der Waals surface area contributed by atoms with Crippen molar-refractivity contribution < 1.29 is 14.7 Å². The van der Waals surface area contributed by atoms with E-state index in [9.17, 15) is 14.7 Å². The van der Waals surface area contributed by atoms with Gasteiger partial charge in [-0.15, -0.1) is 0 Å². The van der Waals surface area contributed by atoms with Gasteiger partial charge in [0.05, 0.1) is 23.2 Å². The second-order valence-electron chi connectivity index (χ2n) is 3.16. The van der Waals surface area contributed by atoms with Crippen molar-refractivity contribution in [2.24, 2.45) is 0 Å². The zero-order valence-electron chi connectivity index (χ0n) is 8.52. The highest BCUT2D eigenvalue weighted by molar-refractivity contribution is 5.98. The number of aromatic hydroxyl groups is 1. The van der Waals surface area contributed by atoms with Gasteiger partial charge in [-0.25, -0.2) is 0 Å². The monoisotopic (exact) mass is 217 g/mol. The maximum atomic E-state index is 11.5. The summed E-state index contributed by atoms with van der Waals surface area (Å²) in [6, 6.07) is 5.00. The smallest absolute Gasteiger partial charge is 0.255 e. The number of nitriles is 1. The maximum Gasteiger partial charge on any atom is 0.255 e. The number of phenols is 1. The fraction of sp³-hybridized carbons (Fsp3) is 0.182. The third-order valence-corrected chi connectivity index (χ3v) is 1.90. The Labute approximate surface area is 92.3 Å². The van der Waals surface area contributed by atoms with Crippen molar-refractivity contribution >= 4 is 12.2 Å². The Morgan fingerprint density at radius 1 is 1.56 bits per heavy atom. The lowest BCUT2D eigenvalue weighted by atomic mass is 10.1. The van der Waals surface area contributed by atoms with Crippen LogP contribution in [0.15, 0.2) is 18.2 Å². The Bertz CT molecular complexity index is 463. The van der Waals surface area contributed by atoms with E-state index < -0.39 is 11.9 Å². The molecular formula is C11H9N2O3. The summed E-state index contributed by atoms with van der Waals surface area (Å²) in [6.45, 7) is 1.46. The van der Waals surface area contributed by atoms with Crippen molar-refractivity contribution in [2.75, 3.05) is 0 Å². The Hall–Kier alpha value is -2.35. The highest BCUT2D eigenvalue weighted by atomic mass is 16.3. The van der Waals surface area contributed by atoms with E-state index in [0.717, 1.165) is 0 Å². The predicted molar refractivity (Wildman–Crippen MR) is 55.4 cm³/mol. The van der Waals surface area contributed by atoms with Crippen LogP contribution in [0.1, 0.15) is 22.8 Å². The van der Waals surface area contributed by atoms with E-state index >= 15 is 0 Å². The molecule has 16 heavy (non-hydrogen) atoms. The molecule has 0 saturated heterocycles. The van der Waals surface area contributed by atoms with E-state index in [1.807, 2.05) is 6.07 Å². The van der Waals surface area contributed by atoms with E-state index in [0.29, 0.717) is 0 Å². The first kappa shape index (κ1) is 11.7. The molecule has 1 aromatic carbocycles. The number of amides is 1. The number of phenolic OH excluding ortho intramolecular Hbond substituents is 1. The Kier molecular flexibility index (Phi) is 3.62. The zero-order valence-corrected chi connectivity index (χ0v) is 8.52. The largest absolute Gasteiger partial charge is 0.507 e. The normalized spacial score (nSPS) is 11.2. The predicted octanol–water partition coefficient (Wildman–Crippen LogP) is 0.492.